The third-order valence-corrected chi connectivity index (χ3v) is 4.74. The smallest absolute Gasteiger partial charge is 0.287 e. The fourth-order valence-electron chi connectivity index (χ4n) is 3.51. The summed E-state index contributed by atoms with van der Waals surface area (Å²) in [4.78, 5) is 40.8. The molecular weight excluding hydrogens is 366 g/mol. The number of aromatic nitrogens is 2. The van der Waals surface area contributed by atoms with Crippen molar-refractivity contribution in [1.29, 1.82) is 5.26 Å². The number of carbonyl (C=O) groups excluding carboxylic acids is 1. The van der Waals surface area contributed by atoms with E-state index in [0.717, 1.165) is 11.1 Å². The van der Waals surface area contributed by atoms with Crippen LogP contribution in [-0.4, -0.2) is 15.3 Å². The summed E-state index contributed by atoms with van der Waals surface area (Å²) in [6, 6.07) is 14.3. The highest BCUT2D eigenvalue weighted by molar-refractivity contribution is 6.09. The van der Waals surface area contributed by atoms with Gasteiger partial charge in [-0.25, -0.2) is 4.79 Å². The zero-order chi connectivity index (χ0) is 21.1. The summed E-state index contributed by atoms with van der Waals surface area (Å²) >= 11 is 0. The molecule has 0 radical (unpaired) electrons. The van der Waals surface area contributed by atoms with Crippen LogP contribution in [0.4, 0.5) is 0 Å². The molecule has 6 nitrogen and oxygen atoms in total. The molecule has 3 aromatic rings. The number of nitriles is 1. The molecule has 6 heteroatoms. The minimum Gasteiger partial charge on any atom is -0.287 e. The van der Waals surface area contributed by atoms with Gasteiger partial charge < -0.3 is 0 Å². The van der Waals surface area contributed by atoms with Crippen molar-refractivity contribution in [1.82, 2.24) is 9.55 Å². The quantitative estimate of drug-likeness (QED) is 0.681. The average Bonchev–Trinajstić information content (AvgIpc) is 2.68. The predicted octanol–water partition coefficient (Wildman–Crippen LogP) is 2.87. The van der Waals surface area contributed by atoms with Gasteiger partial charge in [-0.3, -0.25) is 19.1 Å². The number of hydrogen-bond donors (Lipinski definition) is 1. The van der Waals surface area contributed by atoms with Crippen molar-refractivity contribution >= 4 is 5.78 Å². The molecule has 0 saturated heterocycles. The molecule has 0 aliphatic rings. The number of benzene rings is 2. The van der Waals surface area contributed by atoms with Crippen molar-refractivity contribution in [2.45, 2.75) is 33.7 Å². The van der Waals surface area contributed by atoms with E-state index >= 15 is 0 Å². The number of aryl methyl sites for hydroxylation is 2. The molecular formula is C23H21N3O3. The molecule has 0 unspecified atom stereocenters. The Hall–Kier alpha value is -3.72. The summed E-state index contributed by atoms with van der Waals surface area (Å²) in [6.07, 6.45) is 0.305. The summed E-state index contributed by atoms with van der Waals surface area (Å²) in [5, 5.41) is 9.12. The number of nitrogens with one attached hydrogen (secondary N) is 1. The Bertz CT molecular complexity index is 1240. The van der Waals surface area contributed by atoms with Crippen molar-refractivity contribution in [3.05, 3.63) is 102 Å². The van der Waals surface area contributed by atoms with Gasteiger partial charge in [0.15, 0.2) is 0 Å². The van der Waals surface area contributed by atoms with E-state index in [0.29, 0.717) is 23.1 Å². The first-order valence-electron chi connectivity index (χ1n) is 9.32. The molecule has 0 aliphatic carbocycles. The molecule has 1 N–H and O–H groups in total. The van der Waals surface area contributed by atoms with Gasteiger partial charge >= 0.3 is 5.69 Å². The number of carbonyl (C=O) groups is 1. The molecule has 0 aliphatic heterocycles. The second-order valence-corrected chi connectivity index (χ2v) is 7.04. The first-order valence-corrected chi connectivity index (χ1v) is 9.32. The molecule has 0 fully saturated rings. The second-order valence-electron chi connectivity index (χ2n) is 7.04. The van der Waals surface area contributed by atoms with Crippen LogP contribution in [0.2, 0.25) is 0 Å². The molecule has 2 aromatic carbocycles. The van der Waals surface area contributed by atoms with E-state index in [2.05, 4.69) is 11.1 Å². The fourth-order valence-corrected chi connectivity index (χ4v) is 3.51. The zero-order valence-electron chi connectivity index (χ0n) is 16.6. The fraction of sp³-hybridized carbons (Fsp3) is 0.217. The van der Waals surface area contributed by atoms with Crippen molar-refractivity contribution in [2.24, 2.45) is 0 Å². The van der Waals surface area contributed by atoms with Gasteiger partial charge in [-0.05, 0) is 50.1 Å². The number of nitrogens with zero attached hydrogens (tertiary/aromatic N) is 2. The molecule has 1 aromatic heterocycles. The maximum Gasteiger partial charge on any atom is 0.329 e. The van der Waals surface area contributed by atoms with Crippen LogP contribution in [0.5, 0.6) is 0 Å². The van der Waals surface area contributed by atoms with E-state index < -0.39 is 11.2 Å². The predicted molar refractivity (Wildman–Crippen MR) is 110 cm³/mol. The number of H-pyrrole nitrogens is 1. The van der Waals surface area contributed by atoms with Crippen LogP contribution >= 0.6 is 0 Å². The Morgan fingerprint density at radius 2 is 1.79 bits per heavy atom. The van der Waals surface area contributed by atoms with Gasteiger partial charge in [-0.2, -0.15) is 5.26 Å². The van der Waals surface area contributed by atoms with Gasteiger partial charge in [0, 0.05) is 11.1 Å². The van der Waals surface area contributed by atoms with E-state index in [1.54, 1.807) is 43.3 Å². The first-order chi connectivity index (χ1) is 13.8. The average molecular weight is 387 g/mol. The van der Waals surface area contributed by atoms with Gasteiger partial charge in [0.2, 0.25) is 5.78 Å². The number of ketones is 1. The van der Waals surface area contributed by atoms with E-state index in [9.17, 15) is 14.4 Å². The standard InChI is InChI=1S/C23H21N3O3/c1-4-19-20(21(27)18-9-14(2)8-15(3)10-18)26(23(29)25-22(19)28)13-17-7-5-6-16(11-17)12-24/h5-11H,4,13H2,1-3H3,(H,25,28,29). The Kier molecular flexibility index (Phi) is 5.60. The highest BCUT2D eigenvalue weighted by Crippen LogP contribution is 2.17. The molecule has 0 saturated carbocycles. The minimum atomic E-state index is -0.651. The summed E-state index contributed by atoms with van der Waals surface area (Å²) in [5.41, 5.74) is 2.58. The lowest BCUT2D eigenvalue weighted by Crippen LogP contribution is -2.37. The topological polar surface area (TPSA) is 95.7 Å². The lowest BCUT2D eigenvalue weighted by molar-refractivity contribution is 0.102. The van der Waals surface area contributed by atoms with Crippen molar-refractivity contribution in [3.63, 3.8) is 0 Å². The Morgan fingerprint density at radius 1 is 1.10 bits per heavy atom. The van der Waals surface area contributed by atoms with Crippen molar-refractivity contribution in [2.75, 3.05) is 0 Å². The Balaban J connectivity index is 2.23. The second kappa shape index (κ2) is 8.11. The van der Waals surface area contributed by atoms with Crippen LogP contribution in [0.15, 0.2) is 52.1 Å². The van der Waals surface area contributed by atoms with E-state index in [1.807, 2.05) is 19.9 Å². The molecule has 146 valence electrons. The lowest BCUT2D eigenvalue weighted by atomic mass is 9.99. The SMILES string of the molecule is CCc1c(C(=O)c2cc(C)cc(C)c2)n(Cc2cccc(C#N)c2)c(=O)[nH]c1=O. The van der Waals surface area contributed by atoms with Crippen LogP contribution in [0, 0.1) is 25.2 Å². The van der Waals surface area contributed by atoms with Crippen molar-refractivity contribution in [3.8, 4) is 6.07 Å². The molecule has 0 atom stereocenters. The maximum absolute atomic E-state index is 13.4. The van der Waals surface area contributed by atoms with Gasteiger partial charge in [0.25, 0.3) is 5.56 Å². The third-order valence-electron chi connectivity index (χ3n) is 4.74. The largest absolute Gasteiger partial charge is 0.329 e. The summed E-state index contributed by atoms with van der Waals surface area (Å²) < 4.78 is 1.29. The summed E-state index contributed by atoms with van der Waals surface area (Å²) in [6.45, 7) is 5.63. The van der Waals surface area contributed by atoms with Crippen molar-refractivity contribution < 1.29 is 4.79 Å². The molecule has 0 bridgehead atoms. The monoisotopic (exact) mass is 387 g/mol. The van der Waals surface area contributed by atoms with E-state index in [1.165, 1.54) is 4.57 Å². The molecule has 0 spiro atoms. The van der Waals surface area contributed by atoms with Crippen LogP contribution in [0.3, 0.4) is 0 Å². The van der Waals surface area contributed by atoms with Gasteiger partial charge in [-0.15, -0.1) is 0 Å². The van der Waals surface area contributed by atoms with Gasteiger partial charge in [0.1, 0.15) is 5.69 Å². The van der Waals surface area contributed by atoms with Crippen LogP contribution < -0.4 is 11.2 Å². The molecule has 1 heterocycles. The number of rotatable bonds is 5. The van der Waals surface area contributed by atoms with E-state index in [-0.39, 0.29) is 23.6 Å². The first kappa shape index (κ1) is 20.0. The highest BCUT2D eigenvalue weighted by atomic mass is 16.2. The Morgan fingerprint density at radius 3 is 2.41 bits per heavy atom. The Labute approximate surface area is 168 Å². The summed E-state index contributed by atoms with van der Waals surface area (Å²) in [7, 11) is 0. The lowest BCUT2D eigenvalue weighted by Gasteiger charge is -2.15. The normalized spacial score (nSPS) is 10.6. The third kappa shape index (κ3) is 4.09. The summed E-state index contributed by atoms with van der Waals surface area (Å²) in [5.74, 6) is -0.367. The molecule has 29 heavy (non-hydrogen) atoms. The number of aromatic amines is 1. The maximum atomic E-state index is 13.4. The van der Waals surface area contributed by atoms with Crippen LogP contribution in [0.25, 0.3) is 0 Å². The van der Waals surface area contributed by atoms with Gasteiger partial charge in [0.05, 0.1) is 18.2 Å². The van der Waals surface area contributed by atoms with E-state index in [4.69, 9.17) is 5.26 Å². The molecule has 3 rings (SSSR count). The van der Waals surface area contributed by atoms with Crippen LogP contribution in [0.1, 0.15) is 50.8 Å². The zero-order valence-corrected chi connectivity index (χ0v) is 16.6. The highest BCUT2D eigenvalue weighted by Gasteiger charge is 2.22. The molecule has 0 amide bonds. The minimum absolute atomic E-state index is 0.0734. The van der Waals surface area contributed by atoms with Crippen LogP contribution in [-0.2, 0) is 13.0 Å². The number of hydrogen-bond acceptors (Lipinski definition) is 4. The van der Waals surface area contributed by atoms with Gasteiger partial charge in [-0.1, -0.05) is 36.2 Å².